The van der Waals surface area contributed by atoms with Crippen molar-refractivity contribution in [1.82, 2.24) is 9.55 Å². The van der Waals surface area contributed by atoms with Gasteiger partial charge in [0, 0.05) is 14.2 Å². The second-order valence-corrected chi connectivity index (χ2v) is 4.88. The van der Waals surface area contributed by atoms with Crippen LogP contribution in [0.4, 0.5) is 0 Å². The van der Waals surface area contributed by atoms with Gasteiger partial charge in [0.25, 0.3) is 5.56 Å². The number of fused-ring (bicyclic) bond motifs is 1. The SMILES string of the molecule is COC(c1ccccc1)c1nc2ccccc2c(=O)n1C. The summed E-state index contributed by atoms with van der Waals surface area (Å²) in [4.78, 5) is 17.1. The number of hydrogen-bond donors (Lipinski definition) is 0. The van der Waals surface area contributed by atoms with Crippen molar-refractivity contribution in [2.75, 3.05) is 7.11 Å². The van der Waals surface area contributed by atoms with E-state index in [0.717, 1.165) is 5.56 Å². The van der Waals surface area contributed by atoms with Gasteiger partial charge >= 0.3 is 0 Å². The molecule has 3 aromatic rings. The number of rotatable bonds is 3. The van der Waals surface area contributed by atoms with Gasteiger partial charge in [-0.05, 0) is 17.7 Å². The van der Waals surface area contributed by atoms with Gasteiger partial charge in [0.05, 0.1) is 10.9 Å². The van der Waals surface area contributed by atoms with Crippen LogP contribution in [0.5, 0.6) is 0 Å². The highest BCUT2D eigenvalue weighted by Crippen LogP contribution is 2.23. The predicted octanol–water partition coefficient (Wildman–Crippen LogP) is 2.67. The quantitative estimate of drug-likeness (QED) is 0.741. The van der Waals surface area contributed by atoms with E-state index in [1.54, 1.807) is 24.8 Å². The minimum atomic E-state index is -0.367. The summed E-state index contributed by atoms with van der Waals surface area (Å²) in [6.07, 6.45) is -0.367. The molecule has 0 bridgehead atoms. The lowest BCUT2D eigenvalue weighted by Crippen LogP contribution is -2.25. The van der Waals surface area contributed by atoms with Gasteiger partial charge in [-0.3, -0.25) is 9.36 Å². The fraction of sp³-hybridized carbons (Fsp3) is 0.176. The standard InChI is InChI=1S/C17H16N2O2/c1-19-16(15(21-2)12-8-4-3-5-9-12)18-14-11-7-6-10-13(14)17(19)20/h3-11,15H,1-2H3. The second kappa shape index (κ2) is 5.50. The molecule has 1 unspecified atom stereocenters. The molecule has 0 amide bonds. The third-order valence-corrected chi connectivity index (χ3v) is 3.59. The molecule has 4 nitrogen and oxygen atoms in total. The first-order valence-electron chi connectivity index (χ1n) is 6.76. The molecule has 0 aliphatic rings. The molecule has 1 aromatic heterocycles. The van der Waals surface area contributed by atoms with Crippen LogP contribution in [0.15, 0.2) is 59.4 Å². The van der Waals surface area contributed by atoms with Crippen LogP contribution < -0.4 is 5.56 Å². The summed E-state index contributed by atoms with van der Waals surface area (Å²) in [6, 6.07) is 17.1. The zero-order valence-electron chi connectivity index (χ0n) is 12.0. The van der Waals surface area contributed by atoms with E-state index in [2.05, 4.69) is 4.98 Å². The highest BCUT2D eigenvalue weighted by atomic mass is 16.5. The molecule has 0 radical (unpaired) electrons. The van der Waals surface area contributed by atoms with Crippen molar-refractivity contribution >= 4 is 10.9 Å². The molecule has 0 fully saturated rings. The molecule has 4 heteroatoms. The van der Waals surface area contributed by atoms with Gasteiger partial charge in [-0.2, -0.15) is 0 Å². The Labute approximate surface area is 122 Å². The van der Waals surface area contributed by atoms with Gasteiger partial charge in [-0.25, -0.2) is 4.98 Å². The smallest absolute Gasteiger partial charge is 0.261 e. The van der Waals surface area contributed by atoms with Crippen LogP contribution in [0.2, 0.25) is 0 Å². The first-order valence-corrected chi connectivity index (χ1v) is 6.76. The van der Waals surface area contributed by atoms with Crippen molar-refractivity contribution in [2.45, 2.75) is 6.10 Å². The Morgan fingerprint density at radius 2 is 1.71 bits per heavy atom. The van der Waals surface area contributed by atoms with Gasteiger partial charge in [-0.15, -0.1) is 0 Å². The second-order valence-electron chi connectivity index (χ2n) is 4.88. The minimum Gasteiger partial charge on any atom is -0.369 e. The Kier molecular flexibility index (Phi) is 3.54. The first-order chi connectivity index (χ1) is 10.2. The minimum absolute atomic E-state index is 0.0615. The van der Waals surface area contributed by atoms with Gasteiger partial charge in [-0.1, -0.05) is 42.5 Å². The van der Waals surface area contributed by atoms with E-state index in [9.17, 15) is 4.79 Å². The average molecular weight is 280 g/mol. The number of benzene rings is 2. The van der Waals surface area contributed by atoms with E-state index in [1.165, 1.54) is 0 Å². The van der Waals surface area contributed by atoms with Crippen LogP contribution in [-0.4, -0.2) is 16.7 Å². The third kappa shape index (κ3) is 2.34. The van der Waals surface area contributed by atoms with Crippen molar-refractivity contribution in [3.05, 3.63) is 76.3 Å². The summed E-state index contributed by atoms with van der Waals surface area (Å²) in [6.45, 7) is 0. The Morgan fingerprint density at radius 3 is 2.43 bits per heavy atom. The lowest BCUT2D eigenvalue weighted by atomic mass is 10.1. The van der Waals surface area contributed by atoms with Crippen molar-refractivity contribution in [1.29, 1.82) is 0 Å². The monoisotopic (exact) mass is 280 g/mol. The van der Waals surface area contributed by atoms with Crippen LogP contribution in [0.3, 0.4) is 0 Å². The molecular weight excluding hydrogens is 264 g/mol. The normalized spacial score (nSPS) is 12.5. The molecule has 3 rings (SSSR count). The first kappa shape index (κ1) is 13.5. The summed E-state index contributed by atoms with van der Waals surface area (Å²) in [7, 11) is 3.35. The molecule has 0 saturated heterocycles. The van der Waals surface area contributed by atoms with E-state index >= 15 is 0 Å². The molecule has 2 aromatic carbocycles. The molecule has 106 valence electrons. The zero-order chi connectivity index (χ0) is 14.8. The maximum atomic E-state index is 12.5. The molecule has 21 heavy (non-hydrogen) atoms. The van der Waals surface area contributed by atoms with Crippen molar-refractivity contribution < 1.29 is 4.74 Å². The van der Waals surface area contributed by atoms with Crippen LogP contribution in [-0.2, 0) is 11.8 Å². The number of methoxy groups -OCH3 is 1. The highest BCUT2D eigenvalue weighted by Gasteiger charge is 2.19. The number of aromatic nitrogens is 2. The number of hydrogen-bond acceptors (Lipinski definition) is 3. The summed E-state index contributed by atoms with van der Waals surface area (Å²) < 4.78 is 7.14. The van der Waals surface area contributed by atoms with Crippen molar-refractivity contribution in [2.24, 2.45) is 7.05 Å². The summed E-state index contributed by atoms with van der Waals surface area (Å²) in [5, 5.41) is 0.617. The Balaban J connectivity index is 2.24. The van der Waals surface area contributed by atoms with Gasteiger partial charge in [0.2, 0.25) is 0 Å². The predicted molar refractivity (Wildman–Crippen MR) is 82.3 cm³/mol. The topological polar surface area (TPSA) is 44.1 Å². The molecule has 1 atom stereocenters. The fourth-order valence-corrected chi connectivity index (χ4v) is 2.49. The Bertz CT molecular complexity index is 825. The molecule has 1 heterocycles. The maximum Gasteiger partial charge on any atom is 0.261 e. The molecule has 0 aliphatic heterocycles. The average Bonchev–Trinajstić information content (AvgIpc) is 2.54. The lowest BCUT2D eigenvalue weighted by molar-refractivity contribution is 0.125. The van der Waals surface area contributed by atoms with E-state index in [-0.39, 0.29) is 11.7 Å². The molecule has 0 N–H and O–H groups in total. The summed E-state index contributed by atoms with van der Waals surface area (Å²) >= 11 is 0. The fourth-order valence-electron chi connectivity index (χ4n) is 2.49. The molecular formula is C17H16N2O2. The van der Waals surface area contributed by atoms with E-state index < -0.39 is 0 Å². The number of para-hydroxylation sites is 1. The van der Waals surface area contributed by atoms with Crippen molar-refractivity contribution in [3.8, 4) is 0 Å². The highest BCUT2D eigenvalue weighted by molar-refractivity contribution is 5.77. The zero-order valence-corrected chi connectivity index (χ0v) is 12.0. The van der Waals surface area contributed by atoms with Crippen LogP contribution in [0.25, 0.3) is 10.9 Å². The number of ether oxygens (including phenoxy) is 1. The molecule has 0 aliphatic carbocycles. The van der Waals surface area contributed by atoms with Gasteiger partial charge in [0.1, 0.15) is 11.9 Å². The Hall–Kier alpha value is -2.46. The van der Waals surface area contributed by atoms with Crippen LogP contribution >= 0.6 is 0 Å². The summed E-state index contributed by atoms with van der Waals surface area (Å²) in [5.74, 6) is 0.604. The molecule has 0 spiro atoms. The van der Waals surface area contributed by atoms with Gasteiger partial charge < -0.3 is 4.74 Å². The lowest BCUT2D eigenvalue weighted by Gasteiger charge is -2.18. The van der Waals surface area contributed by atoms with Crippen LogP contribution in [0.1, 0.15) is 17.5 Å². The largest absolute Gasteiger partial charge is 0.369 e. The van der Waals surface area contributed by atoms with Gasteiger partial charge in [0.15, 0.2) is 0 Å². The third-order valence-electron chi connectivity index (χ3n) is 3.59. The maximum absolute atomic E-state index is 12.5. The number of nitrogens with zero attached hydrogens (tertiary/aromatic N) is 2. The Morgan fingerprint density at radius 1 is 1.05 bits per heavy atom. The van der Waals surface area contributed by atoms with Crippen molar-refractivity contribution in [3.63, 3.8) is 0 Å². The van der Waals surface area contributed by atoms with E-state index in [4.69, 9.17) is 4.74 Å². The summed E-state index contributed by atoms with van der Waals surface area (Å²) in [5.41, 5.74) is 1.60. The molecule has 0 saturated carbocycles. The van der Waals surface area contributed by atoms with E-state index in [0.29, 0.717) is 16.7 Å². The van der Waals surface area contributed by atoms with E-state index in [1.807, 2.05) is 48.5 Å². The van der Waals surface area contributed by atoms with Crippen LogP contribution in [0, 0.1) is 0 Å².